The van der Waals surface area contributed by atoms with E-state index in [0.29, 0.717) is 12.1 Å². The van der Waals surface area contributed by atoms with E-state index in [0.717, 1.165) is 5.56 Å². The van der Waals surface area contributed by atoms with Gasteiger partial charge in [0.15, 0.2) is 5.78 Å². The molecule has 1 heterocycles. The van der Waals surface area contributed by atoms with Gasteiger partial charge in [-0.3, -0.25) is 9.48 Å². The molecule has 0 unspecified atom stereocenters. The Bertz CT molecular complexity index is 574. The van der Waals surface area contributed by atoms with Gasteiger partial charge in [-0.05, 0) is 22.6 Å². The summed E-state index contributed by atoms with van der Waals surface area (Å²) < 4.78 is 1.62. The number of nitrogens with zero attached hydrogens (tertiary/aromatic N) is 2. The van der Waals surface area contributed by atoms with Crippen molar-refractivity contribution in [3.8, 4) is 0 Å². The number of hydrogen-bond acceptors (Lipinski definition) is 2. The summed E-state index contributed by atoms with van der Waals surface area (Å²) in [6.45, 7) is 6.55. The Morgan fingerprint density at radius 3 is 2.26 bits per heavy atom. The molecule has 0 bridgehead atoms. The summed E-state index contributed by atoms with van der Waals surface area (Å²) in [5.41, 5.74) is 3.12. The van der Waals surface area contributed by atoms with Crippen LogP contribution in [0.3, 0.4) is 0 Å². The van der Waals surface area contributed by atoms with Crippen molar-refractivity contribution in [2.24, 2.45) is 7.05 Å². The summed E-state index contributed by atoms with van der Waals surface area (Å²) in [5.74, 6) is 0.100. The monoisotopic (exact) mass is 256 g/mol. The van der Waals surface area contributed by atoms with E-state index < -0.39 is 0 Å². The molecule has 0 spiro atoms. The molecule has 0 aliphatic carbocycles. The van der Waals surface area contributed by atoms with E-state index in [1.54, 1.807) is 24.0 Å². The molecular formula is C16H20N2O. The van der Waals surface area contributed by atoms with Gasteiger partial charge in [0.2, 0.25) is 0 Å². The van der Waals surface area contributed by atoms with Crippen LogP contribution in [0.15, 0.2) is 36.5 Å². The fourth-order valence-corrected chi connectivity index (χ4v) is 2.05. The van der Waals surface area contributed by atoms with E-state index in [1.807, 2.05) is 12.1 Å². The largest absolute Gasteiger partial charge is 0.292 e. The number of aromatic nitrogens is 2. The first kappa shape index (κ1) is 13.5. The van der Waals surface area contributed by atoms with E-state index in [4.69, 9.17) is 0 Å². The number of carbonyl (C=O) groups excluding carboxylic acids is 1. The Morgan fingerprint density at radius 2 is 1.79 bits per heavy atom. The fraction of sp³-hybridized carbons (Fsp3) is 0.375. The maximum atomic E-state index is 12.1. The molecule has 1 aromatic carbocycles. The highest BCUT2D eigenvalue weighted by atomic mass is 16.1. The normalized spacial score (nSPS) is 11.6. The van der Waals surface area contributed by atoms with Crippen molar-refractivity contribution in [2.45, 2.75) is 32.6 Å². The molecule has 0 N–H and O–H groups in total. The quantitative estimate of drug-likeness (QED) is 0.791. The van der Waals surface area contributed by atoms with E-state index in [2.05, 4.69) is 38.0 Å². The minimum atomic E-state index is 0.100. The van der Waals surface area contributed by atoms with Crippen LogP contribution in [0.4, 0.5) is 0 Å². The van der Waals surface area contributed by atoms with E-state index in [-0.39, 0.29) is 11.2 Å². The van der Waals surface area contributed by atoms with Crippen LogP contribution in [0.2, 0.25) is 0 Å². The second-order valence-electron chi connectivity index (χ2n) is 5.89. The molecule has 3 heteroatoms. The van der Waals surface area contributed by atoms with Crippen molar-refractivity contribution < 1.29 is 4.79 Å². The van der Waals surface area contributed by atoms with Gasteiger partial charge in [0.1, 0.15) is 5.69 Å². The molecule has 0 fully saturated rings. The zero-order chi connectivity index (χ0) is 14.0. The van der Waals surface area contributed by atoms with Gasteiger partial charge >= 0.3 is 0 Å². The molecule has 0 aliphatic rings. The van der Waals surface area contributed by atoms with Crippen molar-refractivity contribution in [3.63, 3.8) is 0 Å². The van der Waals surface area contributed by atoms with Crippen LogP contribution in [0, 0.1) is 0 Å². The molecule has 0 amide bonds. The fourth-order valence-electron chi connectivity index (χ4n) is 2.05. The highest BCUT2D eigenvalue weighted by molar-refractivity contribution is 5.95. The third-order valence-electron chi connectivity index (χ3n) is 3.29. The molecule has 2 aromatic rings. The molecule has 1 aromatic heterocycles. The standard InChI is InChI=1S/C16H20N2O/c1-16(2,3)13-7-5-12(6-8-13)11-15(19)14-9-10-17-18(14)4/h5-10H,11H2,1-4H3. The van der Waals surface area contributed by atoms with Crippen molar-refractivity contribution in [1.29, 1.82) is 0 Å². The number of rotatable bonds is 3. The zero-order valence-electron chi connectivity index (χ0n) is 12.0. The van der Waals surface area contributed by atoms with Gasteiger partial charge in [0.05, 0.1) is 0 Å². The molecule has 0 saturated carbocycles. The third-order valence-corrected chi connectivity index (χ3v) is 3.29. The number of aryl methyl sites for hydroxylation is 1. The maximum absolute atomic E-state index is 12.1. The van der Waals surface area contributed by atoms with Crippen LogP contribution in [0.25, 0.3) is 0 Å². The van der Waals surface area contributed by atoms with Gasteiger partial charge in [-0.15, -0.1) is 0 Å². The van der Waals surface area contributed by atoms with Crippen molar-refractivity contribution in [3.05, 3.63) is 53.3 Å². The molecule has 0 saturated heterocycles. The Labute approximate surface area is 114 Å². The second kappa shape index (κ2) is 5.00. The molecular weight excluding hydrogens is 236 g/mol. The third kappa shape index (κ3) is 3.11. The lowest BCUT2D eigenvalue weighted by atomic mass is 9.86. The van der Waals surface area contributed by atoms with Crippen LogP contribution in [0.5, 0.6) is 0 Å². The predicted octanol–water partition coefficient (Wildman–Crippen LogP) is 3.14. The lowest BCUT2D eigenvalue weighted by Gasteiger charge is -2.19. The summed E-state index contributed by atoms with van der Waals surface area (Å²) in [7, 11) is 1.79. The Kier molecular flexibility index (Phi) is 3.56. The van der Waals surface area contributed by atoms with Gasteiger partial charge in [-0.2, -0.15) is 5.10 Å². The van der Waals surface area contributed by atoms with Crippen molar-refractivity contribution in [2.75, 3.05) is 0 Å². The number of carbonyl (C=O) groups is 1. The topological polar surface area (TPSA) is 34.9 Å². The first-order valence-electron chi connectivity index (χ1n) is 6.48. The Balaban J connectivity index is 2.12. The Morgan fingerprint density at radius 1 is 1.16 bits per heavy atom. The van der Waals surface area contributed by atoms with Crippen LogP contribution in [0.1, 0.15) is 42.4 Å². The second-order valence-corrected chi connectivity index (χ2v) is 5.89. The molecule has 0 radical (unpaired) electrons. The smallest absolute Gasteiger partial charge is 0.185 e. The summed E-state index contributed by atoms with van der Waals surface area (Å²) in [4.78, 5) is 12.1. The Hall–Kier alpha value is -1.90. The van der Waals surface area contributed by atoms with Gasteiger partial charge in [-0.25, -0.2) is 0 Å². The van der Waals surface area contributed by atoms with E-state index in [9.17, 15) is 4.79 Å². The number of Topliss-reactive ketones (excluding diaryl/α,β-unsaturated/α-hetero) is 1. The number of hydrogen-bond donors (Lipinski definition) is 0. The van der Waals surface area contributed by atoms with Gasteiger partial charge in [-0.1, -0.05) is 45.0 Å². The lowest BCUT2D eigenvalue weighted by Crippen LogP contribution is -2.12. The highest BCUT2D eigenvalue weighted by Crippen LogP contribution is 2.22. The van der Waals surface area contributed by atoms with E-state index in [1.165, 1.54) is 5.56 Å². The molecule has 0 aliphatic heterocycles. The summed E-state index contributed by atoms with van der Waals surface area (Å²) in [5, 5.41) is 4.02. The minimum Gasteiger partial charge on any atom is -0.292 e. The first-order chi connectivity index (χ1) is 8.88. The van der Waals surface area contributed by atoms with Crippen molar-refractivity contribution in [1.82, 2.24) is 9.78 Å². The SMILES string of the molecule is Cn1nccc1C(=O)Cc1ccc(C(C)(C)C)cc1. The van der Waals surface area contributed by atoms with Crippen LogP contribution < -0.4 is 0 Å². The highest BCUT2D eigenvalue weighted by Gasteiger charge is 2.14. The zero-order valence-corrected chi connectivity index (χ0v) is 12.0. The van der Waals surface area contributed by atoms with Crippen LogP contribution in [-0.2, 0) is 18.9 Å². The van der Waals surface area contributed by atoms with E-state index >= 15 is 0 Å². The summed E-state index contributed by atoms with van der Waals surface area (Å²) in [6.07, 6.45) is 2.07. The number of ketones is 1. The molecule has 100 valence electrons. The summed E-state index contributed by atoms with van der Waals surface area (Å²) >= 11 is 0. The predicted molar refractivity (Wildman–Crippen MR) is 76.4 cm³/mol. The summed E-state index contributed by atoms with van der Waals surface area (Å²) in [6, 6.07) is 10.0. The minimum absolute atomic E-state index is 0.100. The first-order valence-corrected chi connectivity index (χ1v) is 6.48. The average molecular weight is 256 g/mol. The molecule has 3 nitrogen and oxygen atoms in total. The van der Waals surface area contributed by atoms with Gasteiger partial charge < -0.3 is 0 Å². The number of benzene rings is 1. The van der Waals surface area contributed by atoms with Crippen LogP contribution in [-0.4, -0.2) is 15.6 Å². The maximum Gasteiger partial charge on any atom is 0.185 e. The average Bonchev–Trinajstić information content (AvgIpc) is 2.75. The van der Waals surface area contributed by atoms with Gasteiger partial charge in [0, 0.05) is 19.7 Å². The lowest BCUT2D eigenvalue weighted by molar-refractivity contribution is 0.0984. The molecule has 19 heavy (non-hydrogen) atoms. The van der Waals surface area contributed by atoms with Gasteiger partial charge in [0.25, 0.3) is 0 Å². The van der Waals surface area contributed by atoms with Crippen LogP contribution >= 0.6 is 0 Å². The van der Waals surface area contributed by atoms with Crippen molar-refractivity contribution >= 4 is 5.78 Å². The molecule has 0 atom stereocenters. The molecule has 2 rings (SSSR count).